The van der Waals surface area contributed by atoms with Crippen LogP contribution in [-0.2, 0) is 6.54 Å². The first kappa shape index (κ1) is 10.8. The molecule has 0 unspecified atom stereocenters. The molecule has 1 saturated carbocycles. The van der Waals surface area contributed by atoms with E-state index in [1.54, 1.807) is 6.21 Å². The van der Waals surface area contributed by atoms with Crippen LogP contribution < -0.4 is 0 Å². The predicted molar refractivity (Wildman–Crippen MR) is 67.1 cm³/mol. The first-order valence-electron chi connectivity index (χ1n) is 6.27. The van der Waals surface area contributed by atoms with Crippen molar-refractivity contribution >= 4 is 6.21 Å². The summed E-state index contributed by atoms with van der Waals surface area (Å²) >= 11 is 0. The van der Waals surface area contributed by atoms with E-state index < -0.39 is 0 Å². The molecule has 0 amide bonds. The molecule has 1 N–H and O–H groups in total. The number of piperidine rings is 1. The van der Waals surface area contributed by atoms with Crippen LogP contribution in [0.25, 0.3) is 0 Å². The number of oxime groups is 1. The SMILES string of the molecule is C[C@@H]1[C@@H]2[C@@H](/C=N/O)[C@@H]2CN1Cc1ccccc1. The Morgan fingerprint density at radius 2 is 2.18 bits per heavy atom. The standard InChI is InChI=1S/C14H18N2O/c1-10-14-12(7-15-17)13(14)9-16(10)8-11-5-3-2-4-6-11/h2-7,10,12-14,17H,8-9H2,1H3/b15-7+/t10-,12+,13+,14-/m1/s1. The topological polar surface area (TPSA) is 35.8 Å². The van der Waals surface area contributed by atoms with Crippen molar-refractivity contribution in [1.82, 2.24) is 4.90 Å². The minimum Gasteiger partial charge on any atom is -0.411 e. The summed E-state index contributed by atoms with van der Waals surface area (Å²) in [6.45, 7) is 4.47. The van der Waals surface area contributed by atoms with Crippen molar-refractivity contribution in [2.45, 2.75) is 19.5 Å². The van der Waals surface area contributed by atoms with Gasteiger partial charge in [-0.15, -0.1) is 5.16 Å². The van der Waals surface area contributed by atoms with Crippen LogP contribution in [0.15, 0.2) is 35.5 Å². The fourth-order valence-electron chi connectivity index (χ4n) is 3.34. The first-order valence-corrected chi connectivity index (χ1v) is 6.27. The fourth-order valence-corrected chi connectivity index (χ4v) is 3.34. The summed E-state index contributed by atoms with van der Waals surface area (Å²) in [6, 6.07) is 11.2. The highest BCUT2D eigenvalue weighted by Gasteiger charge is 2.58. The average molecular weight is 230 g/mol. The van der Waals surface area contributed by atoms with Crippen LogP contribution in [0.2, 0.25) is 0 Å². The van der Waals surface area contributed by atoms with Gasteiger partial charge in [-0.3, -0.25) is 4.90 Å². The van der Waals surface area contributed by atoms with E-state index in [1.807, 2.05) is 0 Å². The van der Waals surface area contributed by atoms with Gasteiger partial charge in [0.25, 0.3) is 0 Å². The maximum atomic E-state index is 8.58. The Balaban J connectivity index is 1.62. The maximum Gasteiger partial charge on any atom is 0.0473 e. The van der Waals surface area contributed by atoms with E-state index in [2.05, 4.69) is 47.3 Å². The van der Waals surface area contributed by atoms with Crippen molar-refractivity contribution in [3.8, 4) is 0 Å². The molecule has 1 aromatic rings. The largest absolute Gasteiger partial charge is 0.411 e. The summed E-state index contributed by atoms with van der Waals surface area (Å²) in [4.78, 5) is 2.53. The van der Waals surface area contributed by atoms with Crippen molar-refractivity contribution in [2.24, 2.45) is 22.9 Å². The van der Waals surface area contributed by atoms with Crippen molar-refractivity contribution in [1.29, 1.82) is 0 Å². The summed E-state index contributed by atoms with van der Waals surface area (Å²) in [6.07, 6.45) is 1.71. The third kappa shape index (κ3) is 1.84. The highest BCUT2D eigenvalue weighted by molar-refractivity contribution is 5.66. The molecule has 3 heteroatoms. The molecule has 1 aliphatic heterocycles. The van der Waals surface area contributed by atoms with Gasteiger partial charge >= 0.3 is 0 Å². The van der Waals surface area contributed by atoms with Gasteiger partial charge < -0.3 is 5.21 Å². The molecular formula is C14H18N2O. The van der Waals surface area contributed by atoms with Crippen molar-refractivity contribution in [3.63, 3.8) is 0 Å². The number of benzene rings is 1. The Kier molecular flexibility index (Phi) is 2.63. The summed E-state index contributed by atoms with van der Waals surface area (Å²) in [5.74, 6) is 1.93. The molecule has 0 bridgehead atoms. The number of hydrogen-bond donors (Lipinski definition) is 1. The van der Waals surface area contributed by atoms with Crippen LogP contribution in [0.4, 0.5) is 0 Å². The van der Waals surface area contributed by atoms with Crippen LogP contribution in [-0.4, -0.2) is 28.9 Å². The second-order valence-corrected chi connectivity index (χ2v) is 5.24. The summed E-state index contributed by atoms with van der Waals surface area (Å²) in [5.41, 5.74) is 1.38. The zero-order chi connectivity index (χ0) is 11.8. The van der Waals surface area contributed by atoms with Crippen LogP contribution >= 0.6 is 0 Å². The number of fused-ring (bicyclic) bond motifs is 1. The van der Waals surface area contributed by atoms with Gasteiger partial charge in [-0.2, -0.15) is 0 Å². The normalized spacial score (nSPS) is 36.3. The predicted octanol–water partition coefficient (Wildman–Crippen LogP) is 2.21. The Labute approximate surface area is 102 Å². The van der Waals surface area contributed by atoms with E-state index >= 15 is 0 Å². The molecule has 90 valence electrons. The van der Waals surface area contributed by atoms with Crippen molar-refractivity contribution in [2.75, 3.05) is 6.54 Å². The molecule has 3 rings (SSSR count). The van der Waals surface area contributed by atoms with Crippen LogP contribution in [0, 0.1) is 17.8 Å². The Morgan fingerprint density at radius 1 is 1.41 bits per heavy atom. The Morgan fingerprint density at radius 3 is 2.76 bits per heavy atom. The molecule has 3 nitrogen and oxygen atoms in total. The van der Waals surface area contributed by atoms with E-state index in [4.69, 9.17) is 5.21 Å². The Bertz CT molecular complexity index is 417. The van der Waals surface area contributed by atoms with Gasteiger partial charge in [0.2, 0.25) is 0 Å². The van der Waals surface area contributed by atoms with Gasteiger partial charge in [0.15, 0.2) is 0 Å². The third-order valence-corrected chi connectivity index (χ3v) is 4.34. The second-order valence-electron chi connectivity index (χ2n) is 5.24. The minimum absolute atomic E-state index is 0.516. The molecule has 1 aliphatic carbocycles. The maximum absolute atomic E-state index is 8.58. The van der Waals surface area contributed by atoms with E-state index in [0.717, 1.165) is 13.1 Å². The lowest BCUT2D eigenvalue weighted by atomic mass is 10.1. The van der Waals surface area contributed by atoms with Gasteiger partial charge in [-0.05, 0) is 24.3 Å². The minimum atomic E-state index is 0.516. The van der Waals surface area contributed by atoms with Crippen molar-refractivity contribution < 1.29 is 5.21 Å². The number of likely N-dealkylation sites (tertiary alicyclic amines) is 1. The lowest BCUT2D eigenvalue weighted by Crippen LogP contribution is -2.32. The molecule has 1 aromatic carbocycles. The smallest absolute Gasteiger partial charge is 0.0473 e. The summed E-state index contributed by atoms with van der Waals surface area (Å²) < 4.78 is 0. The second kappa shape index (κ2) is 4.15. The molecule has 1 saturated heterocycles. The summed E-state index contributed by atoms with van der Waals surface area (Å²) in [5, 5.41) is 11.8. The molecule has 0 spiro atoms. The third-order valence-electron chi connectivity index (χ3n) is 4.34. The zero-order valence-electron chi connectivity index (χ0n) is 10.0. The number of hydrogen-bond acceptors (Lipinski definition) is 3. The van der Waals surface area contributed by atoms with Gasteiger partial charge in [-0.25, -0.2) is 0 Å². The highest BCUT2D eigenvalue weighted by Crippen LogP contribution is 2.54. The van der Waals surface area contributed by atoms with Gasteiger partial charge in [0.05, 0.1) is 0 Å². The van der Waals surface area contributed by atoms with Gasteiger partial charge in [-0.1, -0.05) is 30.3 Å². The van der Waals surface area contributed by atoms with Crippen LogP contribution in [0.1, 0.15) is 12.5 Å². The van der Waals surface area contributed by atoms with E-state index in [1.165, 1.54) is 5.56 Å². The number of nitrogens with zero attached hydrogens (tertiary/aromatic N) is 2. The lowest BCUT2D eigenvalue weighted by molar-refractivity contribution is 0.218. The fraction of sp³-hybridized carbons (Fsp3) is 0.500. The molecule has 2 fully saturated rings. The van der Waals surface area contributed by atoms with Crippen LogP contribution in [0.5, 0.6) is 0 Å². The zero-order valence-corrected chi connectivity index (χ0v) is 10.0. The average Bonchev–Trinajstić information content (AvgIpc) is 2.91. The molecule has 4 atom stereocenters. The van der Waals surface area contributed by atoms with E-state index in [-0.39, 0.29) is 0 Å². The molecule has 2 aliphatic rings. The molecule has 1 heterocycles. The molecule has 0 aromatic heterocycles. The molecule has 17 heavy (non-hydrogen) atoms. The monoisotopic (exact) mass is 230 g/mol. The van der Waals surface area contributed by atoms with Gasteiger partial charge in [0.1, 0.15) is 0 Å². The van der Waals surface area contributed by atoms with Gasteiger partial charge in [0, 0.05) is 31.3 Å². The van der Waals surface area contributed by atoms with E-state index in [0.29, 0.717) is 23.8 Å². The van der Waals surface area contributed by atoms with Crippen molar-refractivity contribution in [3.05, 3.63) is 35.9 Å². The summed E-state index contributed by atoms with van der Waals surface area (Å²) in [7, 11) is 0. The highest BCUT2D eigenvalue weighted by atomic mass is 16.4. The molecular weight excluding hydrogens is 212 g/mol. The number of rotatable bonds is 3. The van der Waals surface area contributed by atoms with Crippen LogP contribution in [0.3, 0.4) is 0 Å². The first-order chi connectivity index (χ1) is 8.31. The quantitative estimate of drug-likeness (QED) is 0.491. The Hall–Kier alpha value is -1.35. The lowest BCUT2D eigenvalue weighted by Gasteiger charge is -2.25. The molecule has 0 radical (unpaired) electrons. The van der Waals surface area contributed by atoms with E-state index in [9.17, 15) is 0 Å².